The van der Waals surface area contributed by atoms with Gasteiger partial charge in [-0.2, -0.15) is 0 Å². The van der Waals surface area contributed by atoms with Gasteiger partial charge in [-0.05, 0) is 57.5 Å². The van der Waals surface area contributed by atoms with Crippen LogP contribution in [0.15, 0.2) is 29.2 Å². The van der Waals surface area contributed by atoms with Crippen LogP contribution in [-0.2, 0) is 24.3 Å². The Bertz CT molecular complexity index is 748. The predicted molar refractivity (Wildman–Crippen MR) is 96.8 cm³/mol. The molecule has 1 aromatic rings. The van der Waals surface area contributed by atoms with E-state index in [2.05, 4.69) is 5.32 Å². The van der Waals surface area contributed by atoms with Gasteiger partial charge in [0.15, 0.2) is 0 Å². The molecule has 3 N–H and O–H groups in total. The van der Waals surface area contributed by atoms with E-state index in [1.807, 2.05) is 4.90 Å². The van der Waals surface area contributed by atoms with Crippen LogP contribution in [0, 0.1) is 5.92 Å². The van der Waals surface area contributed by atoms with Gasteiger partial charge in [0, 0.05) is 12.2 Å². The number of likely N-dealkylation sites (tertiary alicyclic amines) is 1. The second kappa shape index (κ2) is 8.61. The summed E-state index contributed by atoms with van der Waals surface area (Å²) in [6.07, 6.45) is 1.59. The van der Waals surface area contributed by atoms with Gasteiger partial charge in [0.25, 0.3) is 0 Å². The number of primary sulfonamides is 1. The molecule has 0 spiro atoms. The molecule has 0 saturated carbocycles. The van der Waals surface area contributed by atoms with E-state index in [1.54, 1.807) is 13.8 Å². The Labute approximate surface area is 153 Å². The lowest BCUT2D eigenvalue weighted by molar-refractivity contribution is -0.150. The number of rotatable bonds is 6. The van der Waals surface area contributed by atoms with Crippen molar-refractivity contribution in [2.24, 2.45) is 11.1 Å². The number of nitrogens with zero attached hydrogens (tertiary/aromatic N) is 1. The van der Waals surface area contributed by atoms with Gasteiger partial charge in [0.1, 0.15) is 0 Å². The molecule has 144 valence electrons. The molecule has 8 nitrogen and oxygen atoms in total. The highest BCUT2D eigenvalue weighted by Crippen LogP contribution is 2.21. The number of amides is 1. The molecule has 0 aromatic heterocycles. The van der Waals surface area contributed by atoms with Gasteiger partial charge in [-0.3, -0.25) is 14.5 Å². The lowest BCUT2D eigenvalue weighted by atomic mass is 9.97. The zero-order valence-corrected chi connectivity index (χ0v) is 15.8. The fourth-order valence-electron chi connectivity index (χ4n) is 2.95. The van der Waals surface area contributed by atoms with E-state index in [-0.39, 0.29) is 22.7 Å². The molecule has 1 aromatic carbocycles. The summed E-state index contributed by atoms with van der Waals surface area (Å²) in [5.74, 6) is -0.658. The van der Waals surface area contributed by atoms with Crippen molar-refractivity contribution >= 4 is 27.6 Å². The number of anilines is 1. The molecule has 1 fully saturated rings. The zero-order chi connectivity index (χ0) is 19.3. The van der Waals surface area contributed by atoms with Crippen LogP contribution in [0.4, 0.5) is 5.69 Å². The minimum Gasteiger partial charge on any atom is -0.466 e. The van der Waals surface area contributed by atoms with Gasteiger partial charge >= 0.3 is 5.97 Å². The predicted octanol–water partition coefficient (Wildman–Crippen LogP) is 0.936. The number of ether oxygens (including phenoxy) is 1. The van der Waals surface area contributed by atoms with Crippen LogP contribution in [0.3, 0.4) is 0 Å². The minimum atomic E-state index is -3.77. The van der Waals surface area contributed by atoms with Crippen molar-refractivity contribution in [2.45, 2.75) is 37.6 Å². The van der Waals surface area contributed by atoms with E-state index in [1.165, 1.54) is 24.3 Å². The topological polar surface area (TPSA) is 119 Å². The second-order valence-electron chi connectivity index (χ2n) is 6.32. The van der Waals surface area contributed by atoms with E-state index in [9.17, 15) is 18.0 Å². The summed E-state index contributed by atoms with van der Waals surface area (Å²) in [7, 11) is -3.77. The highest BCUT2D eigenvalue weighted by Gasteiger charge is 2.31. The van der Waals surface area contributed by atoms with Gasteiger partial charge in [-0.1, -0.05) is 0 Å². The van der Waals surface area contributed by atoms with E-state index in [0.29, 0.717) is 18.8 Å². The molecular formula is C17H25N3O5S. The Morgan fingerprint density at radius 3 is 2.58 bits per heavy atom. The van der Waals surface area contributed by atoms with Crippen LogP contribution in [-0.4, -0.2) is 50.9 Å². The summed E-state index contributed by atoms with van der Waals surface area (Å²) < 4.78 is 27.6. The molecule has 26 heavy (non-hydrogen) atoms. The van der Waals surface area contributed by atoms with Crippen molar-refractivity contribution in [2.75, 3.05) is 25.0 Å². The Morgan fingerprint density at radius 1 is 1.35 bits per heavy atom. The van der Waals surface area contributed by atoms with Crippen molar-refractivity contribution in [3.63, 3.8) is 0 Å². The van der Waals surface area contributed by atoms with E-state index in [4.69, 9.17) is 9.88 Å². The van der Waals surface area contributed by atoms with Crippen LogP contribution >= 0.6 is 0 Å². The summed E-state index contributed by atoms with van der Waals surface area (Å²) in [4.78, 5) is 26.4. The molecule has 0 aliphatic carbocycles. The SMILES string of the molecule is CCOC(=O)[C@H]1CCCN([C@H](C)C(=O)Nc2ccc(S(N)(=O)=O)cc2)C1. The summed E-state index contributed by atoms with van der Waals surface area (Å²) in [5.41, 5.74) is 0.480. The molecular weight excluding hydrogens is 358 g/mol. The van der Waals surface area contributed by atoms with Crippen LogP contribution in [0.25, 0.3) is 0 Å². The maximum absolute atomic E-state index is 12.5. The van der Waals surface area contributed by atoms with Crippen LogP contribution in [0.5, 0.6) is 0 Å². The largest absolute Gasteiger partial charge is 0.466 e. The van der Waals surface area contributed by atoms with Gasteiger partial charge in [-0.15, -0.1) is 0 Å². The average molecular weight is 383 g/mol. The molecule has 0 bridgehead atoms. The monoisotopic (exact) mass is 383 g/mol. The molecule has 0 radical (unpaired) electrons. The molecule has 2 rings (SSSR count). The number of benzene rings is 1. The smallest absolute Gasteiger partial charge is 0.310 e. The number of carbonyl (C=O) groups excluding carboxylic acids is 2. The molecule has 2 atom stereocenters. The van der Waals surface area contributed by atoms with Gasteiger partial charge in [-0.25, -0.2) is 13.6 Å². The molecule has 9 heteroatoms. The first-order valence-electron chi connectivity index (χ1n) is 8.56. The minimum absolute atomic E-state index is 0.0168. The average Bonchev–Trinajstić information content (AvgIpc) is 2.61. The third-order valence-electron chi connectivity index (χ3n) is 4.45. The van der Waals surface area contributed by atoms with Gasteiger partial charge < -0.3 is 10.1 Å². The summed E-state index contributed by atoms with van der Waals surface area (Å²) in [5, 5.41) is 7.81. The Kier molecular flexibility index (Phi) is 6.74. The van der Waals surface area contributed by atoms with Crippen LogP contribution < -0.4 is 10.5 Å². The number of hydrogen-bond donors (Lipinski definition) is 2. The number of hydrogen-bond acceptors (Lipinski definition) is 6. The molecule has 1 aliphatic heterocycles. The number of sulfonamides is 1. The zero-order valence-electron chi connectivity index (χ0n) is 15.0. The highest BCUT2D eigenvalue weighted by atomic mass is 32.2. The van der Waals surface area contributed by atoms with Gasteiger partial charge in [0.2, 0.25) is 15.9 Å². The molecule has 0 unspecified atom stereocenters. The molecule has 1 amide bonds. The second-order valence-corrected chi connectivity index (χ2v) is 7.88. The number of esters is 1. The molecule has 1 saturated heterocycles. The lowest BCUT2D eigenvalue weighted by Crippen LogP contribution is -2.48. The van der Waals surface area contributed by atoms with Crippen molar-refractivity contribution in [3.05, 3.63) is 24.3 Å². The third-order valence-corrected chi connectivity index (χ3v) is 5.38. The number of nitrogens with two attached hydrogens (primary N) is 1. The Hall–Kier alpha value is -1.97. The normalized spacial score (nSPS) is 19.6. The first-order chi connectivity index (χ1) is 12.2. The van der Waals surface area contributed by atoms with E-state index >= 15 is 0 Å². The van der Waals surface area contributed by atoms with Crippen molar-refractivity contribution in [3.8, 4) is 0 Å². The summed E-state index contributed by atoms with van der Waals surface area (Å²) in [6.45, 7) is 5.11. The van der Waals surface area contributed by atoms with E-state index < -0.39 is 16.1 Å². The first kappa shape index (κ1) is 20.3. The number of carbonyl (C=O) groups is 2. The molecule has 1 aliphatic rings. The Morgan fingerprint density at radius 2 is 2.00 bits per heavy atom. The van der Waals surface area contributed by atoms with Gasteiger partial charge in [0.05, 0.1) is 23.5 Å². The maximum atomic E-state index is 12.5. The van der Waals surface area contributed by atoms with Crippen molar-refractivity contribution in [1.82, 2.24) is 4.90 Å². The van der Waals surface area contributed by atoms with Crippen LogP contribution in [0.2, 0.25) is 0 Å². The number of piperidine rings is 1. The fraction of sp³-hybridized carbons (Fsp3) is 0.529. The summed E-state index contributed by atoms with van der Waals surface area (Å²) >= 11 is 0. The van der Waals surface area contributed by atoms with Crippen molar-refractivity contribution in [1.29, 1.82) is 0 Å². The van der Waals surface area contributed by atoms with Crippen LogP contribution in [0.1, 0.15) is 26.7 Å². The highest BCUT2D eigenvalue weighted by molar-refractivity contribution is 7.89. The van der Waals surface area contributed by atoms with E-state index in [0.717, 1.165) is 19.4 Å². The summed E-state index contributed by atoms with van der Waals surface area (Å²) in [6, 6.07) is 5.23. The Balaban J connectivity index is 1.97. The standard InChI is InChI=1S/C17H25N3O5S/c1-3-25-17(22)13-5-4-10-20(11-13)12(2)16(21)19-14-6-8-15(9-7-14)26(18,23)24/h6-9,12-13H,3-5,10-11H2,1-2H3,(H,19,21)(H2,18,23,24)/t12-,13+/m1/s1. The maximum Gasteiger partial charge on any atom is 0.310 e. The quantitative estimate of drug-likeness (QED) is 0.706. The number of nitrogens with one attached hydrogen (secondary N) is 1. The molecule has 1 heterocycles. The third kappa shape index (κ3) is 5.26. The first-order valence-corrected chi connectivity index (χ1v) is 10.1. The fourth-order valence-corrected chi connectivity index (χ4v) is 3.47. The lowest BCUT2D eigenvalue weighted by Gasteiger charge is -2.35. The van der Waals surface area contributed by atoms with Crippen molar-refractivity contribution < 1.29 is 22.7 Å².